The molecule has 0 aromatic rings. The molecule has 94 valence electrons. The maximum absolute atomic E-state index is 11.4. The predicted octanol–water partition coefficient (Wildman–Crippen LogP) is 2.54. The SMILES string of the molecule is CC(C)CCC(=O)CCNC(=O)CC(C)C. The molecule has 0 aromatic heterocycles. The summed E-state index contributed by atoms with van der Waals surface area (Å²) in [6.07, 6.45) is 2.59. The molecule has 0 saturated carbocycles. The van der Waals surface area contributed by atoms with E-state index in [0.717, 1.165) is 6.42 Å². The van der Waals surface area contributed by atoms with Crippen LogP contribution < -0.4 is 5.32 Å². The Bertz CT molecular complexity index is 222. The second-order valence-electron chi connectivity index (χ2n) is 5.17. The van der Waals surface area contributed by atoms with Gasteiger partial charge in [0.2, 0.25) is 5.91 Å². The molecular formula is C13H25NO2. The zero-order valence-electron chi connectivity index (χ0n) is 11.0. The van der Waals surface area contributed by atoms with Crippen LogP contribution in [0.3, 0.4) is 0 Å². The number of rotatable bonds is 8. The zero-order chi connectivity index (χ0) is 12.6. The third-order valence-corrected chi connectivity index (χ3v) is 2.32. The highest BCUT2D eigenvalue weighted by Gasteiger charge is 2.06. The number of hydrogen-bond donors (Lipinski definition) is 1. The molecule has 3 nitrogen and oxygen atoms in total. The van der Waals surface area contributed by atoms with Crippen LogP contribution in [0.2, 0.25) is 0 Å². The van der Waals surface area contributed by atoms with Crippen molar-refractivity contribution < 1.29 is 9.59 Å². The Balaban J connectivity index is 3.50. The summed E-state index contributed by atoms with van der Waals surface area (Å²) < 4.78 is 0. The fraction of sp³-hybridized carbons (Fsp3) is 0.846. The van der Waals surface area contributed by atoms with Gasteiger partial charge in [0.15, 0.2) is 0 Å². The Morgan fingerprint density at radius 2 is 1.62 bits per heavy atom. The third kappa shape index (κ3) is 9.69. The number of carbonyl (C=O) groups is 2. The maximum Gasteiger partial charge on any atom is 0.220 e. The molecule has 0 spiro atoms. The fourth-order valence-corrected chi connectivity index (χ4v) is 1.36. The Morgan fingerprint density at radius 3 is 2.12 bits per heavy atom. The van der Waals surface area contributed by atoms with E-state index < -0.39 is 0 Å². The van der Waals surface area contributed by atoms with E-state index in [4.69, 9.17) is 0 Å². The van der Waals surface area contributed by atoms with Gasteiger partial charge in [0.25, 0.3) is 0 Å². The lowest BCUT2D eigenvalue weighted by molar-refractivity contribution is -0.122. The Labute approximate surface area is 99.0 Å². The van der Waals surface area contributed by atoms with Gasteiger partial charge in [-0.2, -0.15) is 0 Å². The molecule has 0 aliphatic rings. The Kier molecular flexibility index (Phi) is 7.86. The lowest BCUT2D eigenvalue weighted by atomic mass is 10.0. The minimum absolute atomic E-state index is 0.0478. The van der Waals surface area contributed by atoms with E-state index in [1.807, 2.05) is 13.8 Å². The summed E-state index contributed by atoms with van der Waals surface area (Å²) >= 11 is 0. The molecule has 1 amide bonds. The van der Waals surface area contributed by atoms with Gasteiger partial charge in [-0.15, -0.1) is 0 Å². The average Bonchev–Trinajstić information content (AvgIpc) is 2.13. The Hall–Kier alpha value is -0.860. The number of ketones is 1. The molecule has 16 heavy (non-hydrogen) atoms. The first-order chi connectivity index (χ1) is 7.41. The molecule has 0 fully saturated rings. The van der Waals surface area contributed by atoms with Crippen LogP contribution in [0.4, 0.5) is 0 Å². The summed E-state index contributed by atoms with van der Waals surface area (Å²) in [5, 5.41) is 2.77. The molecule has 1 N–H and O–H groups in total. The smallest absolute Gasteiger partial charge is 0.220 e. The summed E-state index contributed by atoms with van der Waals surface area (Å²) in [6, 6.07) is 0. The molecule has 3 heteroatoms. The molecule has 0 aromatic carbocycles. The van der Waals surface area contributed by atoms with E-state index in [9.17, 15) is 9.59 Å². The van der Waals surface area contributed by atoms with Crippen molar-refractivity contribution in [2.75, 3.05) is 6.54 Å². The predicted molar refractivity (Wildman–Crippen MR) is 66.2 cm³/mol. The van der Waals surface area contributed by atoms with Crippen molar-refractivity contribution in [2.24, 2.45) is 11.8 Å². The van der Waals surface area contributed by atoms with Crippen molar-refractivity contribution >= 4 is 11.7 Å². The van der Waals surface area contributed by atoms with Crippen molar-refractivity contribution in [3.05, 3.63) is 0 Å². The van der Waals surface area contributed by atoms with Gasteiger partial charge in [0.1, 0.15) is 5.78 Å². The Morgan fingerprint density at radius 1 is 1.00 bits per heavy atom. The van der Waals surface area contributed by atoms with Crippen LogP contribution in [0.1, 0.15) is 53.4 Å². The average molecular weight is 227 g/mol. The molecule has 0 bridgehead atoms. The largest absolute Gasteiger partial charge is 0.356 e. The molecule has 0 atom stereocenters. The molecule has 0 aliphatic heterocycles. The number of amides is 1. The monoisotopic (exact) mass is 227 g/mol. The highest BCUT2D eigenvalue weighted by molar-refractivity contribution is 5.80. The van der Waals surface area contributed by atoms with E-state index >= 15 is 0 Å². The topological polar surface area (TPSA) is 46.2 Å². The van der Waals surface area contributed by atoms with Crippen molar-refractivity contribution in [2.45, 2.75) is 53.4 Å². The summed E-state index contributed by atoms with van der Waals surface area (Å²) in [4.78, 5) is 22.7. The lowest BCUT2D eigenvalue weighted by Crippen LogP contribution is -2.26. The fourth-order valence-electron chi connectivity index (χ4n) is 1.36. The number of nitrogens with one attached hydrogen (secondary N) is 1. The van der Waals surface area contributed by atoms with Gasteiger partial charge >= 0.3 is 0 Å². The van der Waals surface area contributed by atoms with E-state index in [0.29, 0.717) is 37.6 Å². The summed E-state index contributed by atoms with van der Waals surface area (Å²) in [5.41, 5.74) is 0. The van der Waals surface area contributed by atoms with Gasteiger partial charge in [-0.25, -0.2) is 0 Å². The molecule has 0 radical (unpaired) electrons. The van der Waals surface area contributed by atoms with Gasteiger partial charge in [-0.3, -0.25) is 9.59 Å². The second kappa shape index (κ2) is 8.31. The number of hydrogen-bond acceptors (Lipinski definition) is 2. The summed E-state index contributed by atoms with van der Waals surface area (Å²) in [5.74, 6) is 1.24. The number of carbonyl (C=O) groups excluding carboxylic acids is 2. The lowest BCUT2D eigenvalue weighted by Gasteiger charge is -2.07. The second-order valence-corrected chi connectivity index (χ2v) is 5.17. The first-order valence-corrected chi connectivity index (χ1v) is 6.20. The standard InChI is InChI=1S/C13H25NO2/c1-10(2)5-6-12(15)7-8-14-13(16)9-11(3)4/h10-11H,5-9H2,1-4H3,(H,14,16). The van der Waals surface area contributed by atoms with Crippen LogP contribution in [0, 0.1) is 11.8 Å². The first kappa shape index (κ1) is 15.1. The van der Waals surface area contributed by atoms with E-state index in [1.165, 1.54) is 0 Å². The van der Waals surface area contributed by atoms with Crippen LogP contribution in [0.25, 0.3) is 0 Å². The molecule has 0 heterocycles. The molecule has 0 unspecified atom stereocenters. The van der Waals surface area contributed by atoms with E-state index in [2.05, 4.69) is 19.2 Å². The first-order valence-electron chi connectivity index (χ1n) is 6.20. The van der Waals surface area contributed by atoms with Crippen LogP contribution >= 0.6 is 0 Å². The van der Waals surface area contributed by atoms with Crippen molar-refractivity contribution in [3.8, 4) is 0 Å². The van der Waals surface area contributed by atoms with Crippen molar-refractivity contribution in [3.63, 3.8) is 0 Å². The molecule has 0 aliphatic carbocycles. The van der Waals surface area contributed by atoms with Crippen LogP contribution in [0.15, 0.2) is 0 Å². The minimum atomic E-state index is 0.0478. The van der Waals surface area contributed by atoms with E-state index in [1.54, 1.807) is 0 Å². The van der Waals surface area contributed by atoms with Gasteiger partial charge in [0.05, 0.1) is 0 Å². The normalized spacial score (nSPS) is 10.9. The van der Waals surface area contributed by atoms with Gasteiger partial charge < -0.3 is 5.32 Å². The van der Waals surface area contributed by atoms with Crippen LogP contribution in [0.5, 0.6) is 0 Å². The molecular weight excluding hydrogens is 202 g/mol. The maximum atomic E-state index is 11.4. The highest BCUT2D eigenvalue weighted by Crippen LogP contribution is 2.05. The summed E-state index contributed by atoms with van der Waals surface area (Å²) in [6.45, 7) is 8.72. The zero-order valence-corrected chi connectivity index (χ0v) is 11.0. The van der Waals surface area contributed by atoms with Gasteiger partial charge in [-0.05, 0) is 18.3 Å². The van der Waals surface area contributed by atoms with Gasteiger partial charge in [0, 0.05) is 25.8 Å². The minimum Gasteiger partial charge on any atom is -0.356 e. The van der Waals surface area contributed by atoms with Crippen molar-refractivity contribution in [1.82, 2.24) is 5.32 Å². The molecule has 0 saturated heterocycles. The third-order valence-electron chi connectivity index (χ3n) is 2.32. The van der Waals surface area contributed by atoms with Crippen LogP contribution in [-0.4, -0.2) is 18.2 Å². The molecule has 0 rings (SSSR count). The summed E-state index contributed by atoms with van der Waals surface area (Å²) in [7, 11) is 0. The van der Waals surface area contributed by atoms with Crippen molar-refractivity contribution in [1.29, 1.82) is 0 Å². The van der Waals surface area contributed by atoms with E-state index in [-0.39, 0.29) is 11.7 Å². The van der Waals surface area contributed by atoms with Gasteiger partial charge in [-0.1, -0.05) is 27.7 Å². The quantitative estimate of drug-likeness (QED) is 0.692. The number of Topliss-reactive ketones (excluding diaryl/α,β-unsaturated/α-hetero) is 1. The highest BCUT2D eigenvalue weighted by atomic mass is 16.1. The van der Waals surface area contributed by atoms with Crippen LogP contribution in [-0.2, 0) is 9.59 Å².